The molecule has 1 aromatic heterocycles. The largest absolute Gasteiger partial charge is 0.496 e. The topological polar surface area (TPSA) is 71.7 Å². The van der Waals surface area contributed by atoms with Gasteiger partial charge in [0.25, 0.3) is 0 Å². The van der Waals surface area contributed by atoms with Gasteiger partial charge in [0.2, 0.25) is 5.89 Å². The van der Waals surface area contributed by atoms with E-state index >= 15 is 0 Å². The zero-order valence-corrected chi connectivity index (χ0v) is 17.8. The molecule has 0 aliphatic carbocycles. The highest BCUT2D eigenvalue weighted by Gasteiger charge is 2.07. The van der Waals surface area contributed by atoms with Crippen molar-refractivity contribution >= 4 is 29.9 Å². The molecule has 1 heterocycles. The maximum absolute atomic E-state index is 5.58. The summed E-state index contributed by atoms with van der Waals surface area (Å²) < 4.78 is 11.0. The number of hydrogen-bond donors (Lipinski definition) is 2. The van der Waals surface area contributed by atoms with Crippen LogP contribution in [-0.4, -0.2) is 24.6 Å². The van der Waals surface area contributed by atoms with Crippen molar-refractivity contribution in [2.75, 3.05) is 13.7 Å². The smallest absolute Gasteiger partial charge is 0.214 e. The van der Waals surface area contributed by atoms with E-state index in [9.17, 15) is 0 Å². The predicted molar refractivity (Wildman–Crippen MR) is 111 cm³/mol. The van der Waals surface area contributed by atoms with Crippen LogP contribution < -0.4 is 15.4 Å². The first-order valence-corrected chi connectivity index (χ1v) is 8.12. The second kappa shape index (κ2) is 10.3. The summed E-state index contributed by atoms with van der Waals surface area (Å²) >= 11 is 0. The summed E-state index contributed by atoms with van der Waals surface area (Å²) in [4.78, 5) is 8.98. The minimum absolute atomic E-state index is 0. The number of guanidine groups is 1. The first kappa shape index (κ1) is 21.3. The number of aliphatic imine (C=N–C) groups is 1. The monoisotopic (exact) mass is 458 g/mol. The van der Waals surface area contributed by atoms with Gasteiger partial charge in [0.05, 0.1) is 25.9 Å². The first-order valence-electron chi connectivity index (χ1n) is 8.12. The van der Waals surface area contributed by atoms with E-state index in [0.29, 0.717) is 24.9 Å². The summed E-state index contributed by atoms with van der Waals surface area (Å²) in [7, 11) is 1.68. The van der Waals surface area contributed by atoms with Crippen molar-refractivity contribution < 1.29 is 9.15 Å². The van der Waals surface area contributed by atoms with Crippen LogP contribution in [0.4, 0.5) is 0 Å². The lowest BCUT2D eigenvalue weighted by molar-refractivity contribution is 0.409. The van der Waals surface area contributed by atoms with Gasteiger partial charge >= 0.3 is 0 Å². The molecule has 1 aromatic carbocycles. The Morgan fingerprint density at radius 2 is 2.00 bits per heavy atom. The van der Waals surface area contributed by atoms with E-state index in [1.54, 1.807) is 7.11 Å². The summed E-state index contributed by atoms with van der Waals surface area (Å²) in [6.45, 7) is 9.72. The number of halogens is 1. The van der Waals surface area contributed by atoms with Crippen LogP contribution in [0.3, 0.4) is 0 Å². The fraction of sp³-hybridized carbons (Fsp3) is 0.444. The average Bonchev–Trinajstić information content (AvgIpc) is 2.89. The Labute approximate surface area is 166 Å². The van der Waals surface area contributed by atoms with Crippen molar-refractivity contribution in [1.29, 1.82) is 0 Å². The molecule has 0 amide bonds. The van der Waals surface area contributed by atoms with Crippen LogP contribution in [0.1, 0.15) is 35.4 Å². The Kier molecular flexibility index (Phi) is 8.74. The predicted octanol–water partition coefficient (Wildman–Crippen LogP) is 3.48. The van der Waals surface area contributed by atoms with E-state index < -0.39 is 0 Å². The molecule has 0 atom stereocenters. The number of aromatic nitrogens is 1. The van der Waals surface area contributed by atoms with Crippen LogP contribution in [0.2, 0.25) is 0 Å². The average molecular weight is 458 g/mol. The molecule has 0 radical (unpaired) electrons. The molecule has 7 heteroatoms. The SMILES string of the molecule is CCNC(=NCc1ccc(C)cc1OC)NCc1nc(C)c(C)o1.I. The molecule has 0 spiro atoms. The molecule has 0 saturated heterocycles. The quantitative estimate of drug-likeness (QED) is 0.394. The van der Waals surface area contributed by atoms with Crippen molar-refractivity contribution in [2.45, 2.75) is 40.8 Å². The number of benzene rings is 1. The van der Waals surface area contributed by atoms with Crippen molar-refractivity contribution in [2.24, 2.45) is 4.99 Å². The molecule has 25 heavy (non-hydrogen) atoms. The standard InChI is InChI=1S/C18H26N4O2.HI/c1-6-19-18(21-11-17-22-13(3)14(4)24-17)20-10-15-8-7-12(2)9-16(15)23-5;/h7-9H,6,10-11H2,1-5H3,(H2,19,20,21);1H. The van der Waals surface area contributed by atoms with Gasteiger partial charge in [-0.15, -0.1) is 24.0 Å². The van der Waals surface area contributed by atoms with Gasteiger partial charge in [0, 0.05) is 12.1 Å². The Morgan fingerprint density at radius 1 is 1.24 bits per heavy atom. The lowest BCUT2D eigenvalue weighted by atomic mass is 10.1. The molecule has 2 N–H and O–H groups in total. The van der Waals surface area contributed by atoms with Crippen LogP contribution >= 0.6 is 24.0 Å². The summed E-state index contributed by atoms with van der Waals surface area (Å²) in [5.74, 6) is 3.07. The maximum Gasteiger partial charge on any atom is 0.214 e. The molecule has 2 rings (SSSR count). The molecular formula is C18H27IN4O2. The molecule has 0 bridgehead atoms. The van der Waals surface area contributed by atoms with Gasteiger partial charge in [-0.1, -0.05) is 12.1 Å². The van der Waals surface area contributed by atoms with Gasteiger partial charge in [-0.2, -0.15) is 0 Å². The molecular weight excluding hydrogens is 431 g/mol. The summed E-state index contributed by atoms with van der Waals surface area (Å²) in [5.41, 5.74) is 3.13. The zero-order valence-electron chi connectivity index (χ0n) is 15.5. The van der Waals surface area contributed by atoms with Crippen molar-refractivity contribution in [1.82, 2.24) is 15.6 Å². The van der Waals surface area contributed by atoms with Crippen molar-refractivity contribution in [3.63, 3.8) is 0 Å². The minimum atomic E-state index is 0. The Balaban J connectivity index is 0.00000312. The van der Waals surface area contributed by atoms with E-state index in [-0.39, 0.29) is 24.0 Å². The number of nitrogens with zero attached hydrogens (tertiary/aromatic N) is 2. The normalized spacial score (nSPS) is 11.0. The lowest BCUT2D eigenvalue weighted by Crippen LogP contribution is -2.36. The molecule has 0 unspecified atom stereocenters. The highest BCUT2D eigenvalue weighted by Crippen LogP contribution is 2.20. The van der Waals surface area contributed by atoms with Crippen molar-refractivity contribution in [3.8, 4) is 5.75 Å². The molecule has 0 aliphatic heterocycles. The second-order valence-corrected chi connectivity index (χ2v) is 5.61. The maximum atomic E-state index is 5.58. The fourth-order valence-corrected chi connectivity index (χ4v) is 2.26. The second-order valence-electron chi connectivity index (χ2n) is 5.61. The van der Waals surface area contributed by atoms with Crippen LogP contribution in [0.25, 0.3) is 0 Å². The third-order valence-corrected chi connectivity index (χ3v) is 3.67. The Morgan fingerprint density at radius 3 is 2.60 bits per heavy atom. The Bertz CT molecular complexity index is 694. The van der Waals surface area contributed by atoms with Crippen LogP contribution in [-0.2, 0) is 13.1 Å². The van der Waals surface area contributed by atoms with Crippen molar-refractivity contribution in [3.05, 3.63) is 46.7 Å². The molecule has 0 aliphatic rings. The van der Waals surface area contributed by atoms with E-state index in [2.05, 4.69) is 26.7 Å². The molecule has 6 nitrogen and oxygen atoms in total. The number of ether oxygens (including phenoxy) is 1. The lowest BCUT2D eigenvalue weighted by Gasteiger charge is -2.11. The highest BCUT2D eigenvalue weighted by molar-refractivity contribution is 14.0. The summed E-state index contributed by atoms with van der Waals surface area (Å²) in [5, 5.41) is 6.46. The van der Waals surface area contributed by atoms with Gasteiger partial charge in [-0.3, -0.25) is 0 Å². The van der Waals surface area contributed by atoms with Crippen LogP contribution in [0.15, 0.2) is 27.6 Å². The molecule has 138 valence electrons. The minimum Gasteiger partial charge on any atom is -0.496 e. The van der Waals surface area contributed by atoms with E-state index in [1.165, 1.54) is 5.56 Å². The van der Waals surface area contributed by atoms with Gasteiger partial charge in [-0.05, 0) is 39.3 Å². The van der Waals surface area contributed by atoms with Gasteiger partial charge in [0.1, 0.15) is 11.5 Å². The number of hydrogen-bond acceptors (Lipinski definition) is 4. The fourth-order valence-electron chi connectivity index (χ4n) is 2.26. The van der Waals surface area contributed by atoms with Gasteiger partial charge in [-0.25, -0.2) is 9.98 Å². The third kappa shape index (κ3) is 6.22. The number of nitrogens with one attached hydrogen (secondary N) is 2. The van der Waals surface area contributed by atoms with E-state index in [0.717, 1.165) is 29.3 Å². The highest BCUT2D eigenvalue weighted by atomic mass is 127. The van der Waals surface area contributed by atoms with Gasteiger partial charge in [0.15, 0.2) is 5.96 Å². The summed E-state index contributed by atoms with van der Waals surface area (Å²) in [6, 6.07) is 6.12. The number of methoxy groups -OCH3 is 1. The van der Waals surface area contributed by atoms with Crippen LogP contribution in [0.5, 0.6) is 5.75 Å². The Hall–Kier alpha value is -1.77. The van der Waals surface area contributed by atoms with Gasteiger partial charge < -0.3 is 19.8 Å². The molecule has 0 saturated carbocycles. The van der Waals surface area contributed by atoms with Crippen LogP contribution in [0, 0.1) is 20.8 Å². The summed E-state index contributed by atoms with van der Waals surface area (Å²) in [6.07, 6.45) is 0. The zero-order chi connectivity index (χ0) is 17.5. The number of oxazole rings is 1. The number of aryl methyl sites for hydroxylation is 3. The third-order valence-electron chi connectivity index (χ3n) is 3.67. The molecule has 0 fully saturated rings. The number of rotatable bonds is 6. The van der Waals surface area contributed by atoms with E-state index in [4.69, 9.17) is 9.15 Å². The van der Waals surface area contributed by atoms with E-state index in [1.807, 2.05) is 39.8 Å². The first-order chi connectivity index (χ1) is 11.5. The molecule has 2 aromatic rings.